The van der Waals surface area contributed by atoms with E-state index in [-0.39, 0.29) is 25.9 Å². The largest absolute Gasteiger partial charge is 0.316 e. The fraction of sp³-hybridized carbons (Fsp3) is 0.118. The Morgan fingerprint density at radius 2 is 1.90 bits per heavy atom. The number of carbonyl (C=O) groups is 1. The number of allylic oxidation sites excluding steroid dienone is 2. The Morgan fingerprint density at radius 1 is 1.20 bits per heavy atom. The van der Waals surface area contributed by atoms with E-state index >= 15 is 0 Å². The molecule has 0 aliphatic rings. The molecular weight excluding hydrogens is 426 g/mol. The summed E-state index contributed by atoms with van der Waals surface area (Å²) in [5.41, 5.74) is 2.82. The van der Waals surface area contributed by atoms with E-state index in [2.05, 4.69) is 18.0 Å². The summed E-state index contributed by atoms with van der Waals surface area (Å²) in [7, 11) is 0. The molecule has 2 aromatic rings. The molecule has 0 spiro atoms. The summed E-state index contributed by atoms with van der Waals surface area (Å²) in [6.45, 7) is 6.82. The van der Waals surface area contributed by atoms with Crippen molar-refractivity contribution in [3.8, 4) is 11.3 Å². The third-order valence-electron chi connectivity index (χ3n) is 2.10. The zero-order valence-electron chi connectivity index (χ0n) is 11.6. The van der Waals surface area contributed by atoms with E-state index in [0.29, 0.717) is 0 Å². The van der Waals surface area contributed by atoms with E-state index in [1.54, 1.807) is 13.1 Å². The van der Waals surface area contributed by atoms with Gasteiger partial charge < -0.3 is 9.78 Å². The Labute approximate surface area is 134 Å². The smallest absolute Gasteiger partial charge is 0.0735 e. The van der Waals surface area contributed by atoms with Crippen LogP contribution in [-0.4, -0.2) is 10.8 Å². The molecule has 0 N–H and O–H groups in total. The van der Waals surface area contributed by atoms with Crippen molar-refractivity contribution in [1.82, 2.24) is 4.98 Å². The minimum absolute atomic E-state index is 0. The maximum atomic E-state index is 10.1. The number of carbonyl (C=O) groups excluding carboxylic acids is 1. The molecule has 0 unspecified atom stereocenters. The summed E-state index contributed by atoms with van der Waals surface area (Å²) in [6, 6.07) is 16.8. The molecule has 2 nitrogen and oxygen atoms in total. The first-order valence-corrected chi connectivity index (χ1v) is 5.98. The molecule has 1 heterocycles. The topological polar surface area (TPSA) is 30.0 Å². The number of ketones is 1. The number of benzene rings is 1. The Hall–Kier alpha value is -1.70. The Bertz CT molecular complexity index is 494. The first-order chi connectivity index (χ1) is 9.09. The Kier molecular flexibility index (Phi) is 9.27. The summed E-state index contributed by atoms with van der Waals surface area (Å²) in [6.07, 6.45) is 3.29. The first-order valence-electron chi connectivity index (χ1n) is 5.98. The molecule has 20 heavy (non-hydrogen) atoms. The van der Waals surface area contributed by atoms with Gasteiger partial charge in [0.1, 0.15) is 0 Å². The summed E-state index contributed by atoms with van der Waals surface area (Å²) >= 11 is 0. The van der Waals surface area contributed by atoms with Gasteiger partial charge in [0.05, 0.1) is 5.78 Å². The Balaban J connectivity index is 0.000000396. The number of aromatic nitrogens is 1. The minimum atomic E-state index is 0. The van der Waals surface area contributed by atoms with Crippen LogP contribution in [0.25, 0.3) is 11.3 Å². The summed E-state index contributed by atoms with van der Waals surface area (Å²) in [5, 5.41) is 0. The van der Waals surface area contributed by atoms with Gasteiger partial charge in [0.15, 0.2) is 0 Å². The van der Waals surface area contributed by atoms with Crippen molar-refractivity contribution in [2.75, 3.05) is 0 Å². The standard InChI is InChI=1S/C11H8N.C6H9O.Ir/c1-2-6-10(7-3-1)11-8-4-5-9-12-11;1-5(2)4-6(3)7;/h1-6,8-9H;4H,1H2,2-3H3;/q2*-1;/b;5-4+;. The second-order valence-corrected chi connectivity index (χ2v) is 4.09. The van der Waals surface area contributed by atoms with E-state index in [0.717, 1.165) is 16.8 Å². The van der Waals surface area contributed by atoms with Crippen LogP contribution in [0.3, 0.4) is 0 Å². The minimum Gasteiger partial charge on any atom is -0.316 e. The summed E-state index contributed by atoms with van der Waals surface area (Å²) in [4.78, 5) is 14.4. The van der Waals surface area contributed by atoms with Gasteiger partial charge in [0.2, 0.25) is 0 Å². The fourth-order valence-electron chi connectivity index (χ4n) is 1.42. The first kappa shape index (κ1) is 18.3. The van der Waals surface area contributed by atoms with Crippen molar-refractivity contribution in [3.63, 3.8) is 0 Å². The van der Waals surface area contributed by atoms with Gasteiger partial charge in [-0.25, -0.2) is 12.5 Å². The molecule has 0 fully saturated rings. The molecule has 2 rings (SSSR count). The predicted molar refractivity (Wildman–Crippen MR) is 78.3 cm³/mol. The molecule has 0 aliphatic carbocycles. The number of pyridine rings is 1. The average molecular weight is 444 g/mol. The van der Waals surface area contributed by atoms with E-state index in [1.165, 1.54) is 13.0 Å². The predicted octanol–water partition coefficient (Wildman–Crippen LogP) is 3.90. The van der Waals surface area contributed by atoms with Gasteiger partial charge >= 0.3 is 0 Å². The van der Waals surface area contributed by atoms with Crippen LogP contribution in [0, 0.1) is 13.0 Å². The maximum Gasteiger partial charge on any atom is 0.0735 e. The van der Waals surface area contributed by atoms with Gasteiger partial charge in [-0.3, -0.25) is 0 Å². The number of hydrogen-bond donors (Lipinski definition) is 0. The van der Waals surface area contributed by atoms with Crippen LogP contribution in [0.15, 0.2) is 60.3 Å². The molecule has 0 aliphatic heterocycles. The zero-order chi connectivity index (χ0) is 14.1. The Morgan fingerprint density at radius 3 is 2.30 bits per heavy atom. The molecule has 0 saturated carbocycles. The fourth-order valence-corrected chi connectivity index (χ4v) is 1.42. The van der Waals surface area contributed by atoms with Gasteiger partial charge in [-0.2, -0.15) is 6.08 Å². The second kappa shape index (κ2) is 10.1. The molecule has 3 heteroatoms. The van der Waals surface area contributed by atoms with Crippen molar-refractivity contribution >= 4 is 5.78 Å². The van der Waals surface area contributed by atoms with Gasteiger partial charge in [-0.05, 0) is 18.7 Å². The van der Waals surface area contributed by atoms with Crippen molar-refractivity contribution in [2.45, 2.75) is 13.8 Å². The van der Waals surface area contributed by atoms with Crippen LogP contribution >= 0.6 is 0 Å². The molecule has 1 aromatic carbocycles. The molecule has 1 radical (unpaired) electrons. The number of hydrogen-bond acceptors (Lipinski definition) is 2. The summed E-state index contributed by atoms with van der Waals surface area (Å²) in [5.74, 6) is 0.0625. The third kappa shape index (κ3) is 7.67. The molecule has 107 valence electrons. The van der Waals surface area contributed by atoms with Crippen LogP contribution < -0.4 is 0 Å². The van der Waals surface area contributed by atoms with Crippen LogP contribution in [0.4, 0.5) is 0 Å². The van der Waals surface area contributed by atoms with Crippen molar-refractivity contribution in [2.24, 2.45) is 0 Å². The number of rotatable bonds is 2. The van der Waals surface area contributed by atoms with E-state index < -0.39 is 0 Å². The van der Waals surface area contributed by atoms with Crippen molar-refractivity contribution < 1.29 is 24.9 Å². The molecule has 0 atom stereocenters. The van der Waals surface area contributed by atoms with E-state index in [4.69, 9.17) is 0 Å². The molecule has 0 saturated heterocycles. The zero-order valence-corrected chi connectivity index (χ0v) is 14.0. The average Bonchev–Trinajstić information content (AvgIpc) is 2.40. The molecule has 0 bridgehead atoms. The SMILES string of the molecule is [CH2-]/C(C)=C\C(C)=O.[Ir].[c-]1ccccc1-c1ccccn1. The van der Waals surface area contributed by atoms with Crippen LogP contribution in [-0.2, 0) is 24.9 Å². The normalized spacial score (nSPS) is 9.80. The van der Waals surface area contributed by atoms with Gasteiger partial charge in [0.25, 0.3) is 0 Å². The van der Waals surface area contributed by atoms with Crippen LogP contribution in [0.1, 0.15) is 13.8 Å². The van der Waals surface area contributed by atoms with Gasteiger partial charge in [-0.1, -0.05) is 19.1 Å². The maximum absolute atomic E-state index is 10.1. The third-order valence-corrected chi connectivity index (χ3v) is 2.10. The molecule has 0 amide bonds. The number of nitrogens with zero attached hydrogens (tertiary/aromatic N) is 1. The second-order valence-electron chi connectivity index (χ2n) is 4.09. The van der Waals surface area contributed by atoms with E-state index in [9.17, 15) is 4.79 Å². The molecule has 1 aromatic heterocycles. The summed E-state index contributed by atoms with van der Waals surface area (Å²) < 4.78 is 0. The monoisotopic (exact) mass is 444 g/mol. The van der Waals surface area contributed by atoms with Gasteiger partial charge in [0, 0.05) is 26.3 Å². The van der Waals surface area contributed by atoms with Gasteiger partial charge in [-0.15, -0.1) is 35.9 Å². The molecular formula is C17H17IrNO-2. The van der Waals surface area contributed by atoms with Crippen LogP contribution in [0.5, 0.6) is 0 Å². The quantitative estimate of drug-likeness (QED) is 0.521. The van der Waals surface area contributed by atoms with Crippen molar-refractivity contribution in [3.05, 3.63) is 73.3 Å². The van der Waals surface area contributed by atoms with E-state index in [1.807, 2.05) is 42.5 Å². The van der Waals surface area contributed by atoms with Crippen LogP contribution in [0.2, 0.25) is 0 Å². The van der Waals surface area contributed by atoms with Crippen molar-refractivity contribution in [1.29, 1.82) is 0 Å².